The molecule has 1 atom stereocenters. The Hall–Kier alpha value is -3.60. The molecule has 3 aromatic carbocycles. The third-order valence-electron chi connectivity index (χ3n) is 6.21. The molecule has 0 aliphatic carbocycles. The van der Waals surface area contributed by atoms with Gasteiger partial charge in [-0.3, -0.25) is 9.36 Å². The van der Waals surface area contributed by atoms with Crippen molar-refractivity contribution in [2.45, 2.75) is 13.0 Å². The summed E-state index contributed by atoms with van der Waals surface area (Å²) in [6.07, 6.45) is 0. The molecule has 204 valence electrons. The van der Waals surface area contributed by atoms with Crippen LogP contribution < -0.4 is 20.3 Å². The summed E-state index contributed by atoms with van der Waals surface area (Å²) >= 11 is 9.71. The molecule has 4 aromatic rings. The summed E-state index contributed by atoms with van der Waals surface area (Å²) in [5.74, 6) is 1.30. The number of halogens is 2. The van der Waals surface area contributed by atoms with Gasteiger partial charge in [-0.1, -0.05) is 29.8 Å². The van der Waals surface area contributed by atoms with Crippen molar-refractivity contribution >= 4 is 50.2 Å². The Morgan fingerprint density at radius 1 is 1.10 bits per heavy atom. The molecule has 1 heterocycles. The van der Waals surface area contributed by atoms with Crippen molar-refractivity contribution in [2.75, 3.05) is 39.8 Å². The molecule has 1 N–H and O–H groups in total. The molecule has 1 unspecified atom stereocenters. The standard InChI is InChI=1S/C28H28BrClN4O5/c1-17(33(12-13-37-2)28(36)31-19-9-7-8-18(30)14-19)26-32-22-11-6-5-10-21(22)27(35)34(26)23-15-20(38-3)16-24(39-4)25(23)29/h5-11,14-17H,12-13H2,1-4H3,(H,31,36). The Bertz CT molecular complexity index is 1560. The number of urea groups is 1. The van der Waals surface area contributed by atoms with Gasteiger partial charge in [0.15, 0.2) is 0 Å². The Kier molecular flexibility index (Phi) is 9.11. The zero-order valence-electron chi connectivity index (χ0n) is 21.9. The maximum atomic E-state index is 14.0. The molecule has 0 fully saturated rings. The number of rotatable bonds is 9. The first kappa shape index (κ1) is 28.4. The van der Waals surface area contributed by atoms with Gasteiger partial charge in [0, 0.05) is 36.5 Å². The lowest BCUT2D eigenvalue weighted by Crippen LogP contribution is -2.41. The van der Waals surface area contributed by atoms with Gasteiger partial charge in [-0.2, -0.15) is 0 Å². The van der Waals surface area contributed by atoms with Gasteiger partial charge in [-0.25, -0.2) is 9.78 Å². The first-order chi connectivity index (χ1) is 18.8. The molecule has 1 aromatic heterocycles. The highest BCUT2D eigenvalue weighted by Gasteiger charge is 2.28. The van der Waals surface area contributed by atoms with Gasteiger partial charge in [-0.15, -0.1) is 0 Å². The molecule has 0 bridgehead atoms. The number of benzene rings is 3. The number of hydrogen-bond donors (Lipinski definition) is 1. The summed E-state index contributed by atoms with van der Waals surface area (Å²) in [7, 11) is 4.62. The minimum absolute atomic E-state index is 0.232. The fourth-order valence-corrected chi connectivity index (χ4v) is 4.97. The van der Waals surface area contributed by atoms with Crippen LogP contribution in [-0.2, 0) is 4.74 Å². The second-order valence-electron chi connectivity index (χ2n) is 8.59. The Labute approximate surface area is 239 Å². The Morgan fingerprint density at radius 3 is 2.56 bits per heavy atom. The fraction of sp³-hybridized carbons (Fsp3) is 0.250. The molecular formula is C28H28BrClN4O5. The van der Waals surface area contributed by atoms with Crippen molar-refractivity contribution in [1.82, 2.24) is 14.5 Å². The third-order valence-corrected chi connectivity index (χ3v) is 7.24. The van der Waals surface area contributed by atoms with Crippen molar-refractivity contribution in [1.29, 1.82) is 0 Å². The van der Waals surface area contributed by atoms with E-state index in [0.29, 0.717) is 49.1 Å². The molecule has 0 saturated carbocycles. The number of nitrogens with one attached hydrogen (secondary N) is 1. The molecule has 0 spiro atoms. The van der Waals surface area contributed by atoms with Crippen molar-refractivity contribution in [3.8, 4) is 17.2 Å². The predicted molar refractivity (Wildman–Crippen MR) is 156 cm³/mol. The van der Waals surface area contributed by atoms with E-state index in [1.165, 1.54) is 18.8 Å². The van der Waals surface area contributed by atoms with Crippen LogP contribution in [0.5, 0.6) is 11.5 Å². The zero-order chi connectivity index (χ0) is 28.1. The number of hydrogen-bond acceptors (Lipinski definition) is 6. The van der Waals surface area contributed by atoms with Crippen molar-refractivity contribution in [3.05, 3.63) is 86.3 Å². The molecule has 0 aliphatic heterocycles. The van der Waals surface area contributed by atoms with E-state index in [1.807, 2.05) is 13.0 Å². The van der Waals surface area contributed by atoms with Crippen LogP contribution in [0.4, 0.5) is 10.5 Å². The number of methoxy groups -OCH3 is 3. The van der Waals surface area contributed by atoms with Gasteiger partial charge in [-0.05, 0) is 53.2 Å². The summed E-state index contributed by atoms with van der Waals surface area (Å²) in [4.78, 5) is 34.0. The molecule has 39 heavy (non-hydrogen) atoms. The molecule has 0 aliphatic rings. The minimum atomic E-state index is -0.666. The van der Waals surface area contributed by atoms with Gasteiger partial charge in [0.05, 0.1) is 47.9 Å². The number of aromatic nitrogens is 2. The summed E-state index contributed by atoms with van der Waals surface area (Å²) in [5.41, 5.74) is 1.19. The number of anilines is 1. The lowest BCUT2D eigenvalue weighted by molar-refractivity contribution is 0.137. The van der Waals surface area contributed by atoms with Crippen LogP contribution in [0.2, 0.25) is 5.02 Å². The quantitative estimate of drug-likeness (QED) is 0.246. The van der Waals surface area contributed by atoms with E-state index < -0.39 is 12.1 Å². The second-order valence-corrected chi connectivity index (χ2v) is 9.82. The summed E-state index contributed by atoms with van der Waals surface area (Å²) in [5, 5.41) is 3.80. The second kappa shape index (κ2) is 12.5. The maximum absolute atomic E-state index is 14.0. The predicted octanol–water partition coefficient (Wildman–Crippen LogP) is 6.06. The number of fused-ring (bicyclic) bond motifs is 1. The number of ether oxygens (including phenoxy) is 3. The topological polar surface area (TPSA) is 94.9 Å². The molecule has 11 heteroatoms. The van der Waals surface area contributed by atoms with Crippen LogP contribution in [0.1, 0.15) is 18.8 Å². The highest BCUT2D eigenvalue weighted by atomic mass is 79.9. The normalized spacial score (nSPS) is 11.7. The van der Waals surface area contributed by atoms with E-state index in [4.69, 9.17) is 30.8 Å². The van der Waals surface area contributed by atoms with E-state index in [0.717, 1.165) is 0 Å². The van der Waals surface area contributed by atoms with E-state index in [9.17, 15) is 9.59 Å². The Morgan fingerprint density at radius 2 is 1.87 bits per heavy atom. The van der Waals surface area contributed by atoms with Gasteiger partial charge in [0.25, 0.3) is 5.56 Å². The lowest BCUT2D eigenvalue weighted by Gasteiger charge is -2.30. The Balaban J connectivity index is 1.91. The van der Waals surface area contributed by atoms with E-state index in [-0.39, 0.29) is 18.7 Å². The first-order valence-corrected chi connectivity index (χ1v) is 13.2. The summed E-state index contributed by atoms with van der Waals surface area (Å²) < 4.78 is 18.3. The summed E-state index contributed by atoms with van der Waals surface area (Å²) in [6, 6.07) is 16.3. The molecule has 2 amide bonds. The average Bonchev–Trinajstić information content (AvgIpc) is 2.93. The van der Waals surface area contributed by atoms with Crippen molar-refractivity contribution < 1.29 is 19.0 Å². The lowest BCUT2D eigenvalue weighted by atomic mass is 10.1. The van der Waals surface area contributed by atoms with Gasteiger partial charge in [0.2, 0.25) is 0 Å². The fourth-order valence-electron chi connectivity index (χ4n) is 4.21. The van der Waals surface area contributed by atoms with Gasteiger partial charge in [0.1, 0.15) is 17.3 Å². The van der Waals surface area contributed by atoms with Crippen molar-refractivity contribution in [3.63, 3.8) is 0 Å². The zero-order valence-corrected chi connectivity index (χ0v) is 24.2. The SMILES string of the molecule is COCCN(C(=O)Nc1cccc(Cl)c1)C(C)c1nc2ccccc2c(=O)n1-c1cc(OC)cc(OC)c1Br. The van der Waals surface area contributed by atoms with Gasteiger partial charge >= 0.3 is 6.03 Å². The van der Waals surface area contributed by atoms with E-state index >= 15 is 0 Å². The number of para-hydroxylation sites is 1. The number of amides is 2. The van der Waals surface area contributed by atoms with Crippen LogP contribution in [0.15, 0.2) is 69.9 Å². The first-order valence-electron chi connectivity index (χ1n) is 12.0. The molecule has 4 rings (SSSR count). The number of carbonyl (C=O) groups is 1. The monoisotopic (exact) mass is 614 g/mol. The molecule has 0 radical (unpaired) electrons. The van der Waals surface area contributed by atoms with Crippen LogP contribution in [-0.4, -0.2) is 55.0 Å². The summed E-state index contributed by atoms with van der Waals surface area (Å²) in [6.45, 7) is 2.31. The van der Waals surface area contributed by atoms with Crippen LogP contribution >= 0.6 is 27.5 Å². The third kappa shape index (κ3) is 6.03. The smallest absolute Gasteiger partial charge is 0.322 e. The largest absolute Gasteiger partial charge is 0.497 e. The maximum Gasteiger partial charge on any atom is 0.322 e. The molecule has 9 nitrogen and oxygen atoms in total. The van der Waals surface area contributed by atoms with Gasteiger partial charge < -0.3 is 24.4 Å². The van der Waals surface area contributed by atoms with Crippen LogP contribution in [0.25, 0.3) is 16.6 Å². The van der Waals surface area contributed by atoms with Crippen molar-refractivity contribution in [2.24, 2.45) is 0 Å². The highest BCUT2D eigenvalue weighted by molar-refractivity contribution is 9.10. The van der Waals surface area contributed by atoms with E-state index in [2.05, 4.69) is 21.2 Å². The number of carbonyl (C=O) groups excluding carboxylic acids is 1. The molecular weight excluding hydrogens is 588 g/mol. The minimum Gasteiger partial charge on any atom is -0.497 e. The molecule has 0 saturated heterocycles. The highest BCUT2D eigenvalue weighted by Crippen LogP contribution is 2.37. The van der Waals surface area contributed by atoms with Crippen LogP contribution in [0, 0.1) is 0 Å². The van der Waals surface area contributed by atoms with Crippen LogP contribution in [0.3, 0.4) is 0 Å². The number of nitrogens with zero attached hydrogens (tertiary/aromatic N) is 3. The average molecular weight is 616 g/mol. The van der Waals surface area contributed by atoms with E-state index in [1.54, 1.807) is 66.6 Å².